The van der Waals surface area contributed by atoms with Gasteiger partial charge in [0, 0.05) is 0 Å². The average Bonchev–Trinajstić information content (AvgIpc) is 2.09. The fourth-order valence-electron chi connectivity index (χ4n) is 1.23. The molecule has 1 rings (SSSR count). The van der Waals surface area contributed by atoms with E-state index >= 15 is 0 Å². The minimum atomic E-state index is -1.09. The molecule has 0 saturated carbocycles. The topological polar surface area (TPSA) is 37.3 Å². The lowest BCUT2D eigenvalue weighted by atomic mass is 10.0. The van der Waals surface area contributed by atoms with Crippen LogP contribution in [0.15, 0.2) is 12.1 Å². The largest absolute Gasteiger partial charge is 0.478 e. The van der Waals surface area contributed by atoms with Crippen molar-refractivity contribution in [3.63, 3.8) is 0 Å². The Labute approximate surface area is 76.0 Å². The number of rotatable bonds is 2. The zero-order valence-corrected chi connectivity index (χ0v) is 7.60. The first kappa shape index (κ1) is 9.71. The number of benzene rings is 1. The van der Waals surface area contributed by atoms with Gasteiger partial charge in [-0.1, -0.05) is 6.92 Å². The van der Waals surface area contributed by atoms with E-state index < -0.39 is 11.8 Å². The molecule has 1 N–H and O–H groups in total. The van der Waals surface area contributed by atoms with E-state index in [2.05, 4.69) is 0 Å². The fraction of sp³-hybridized carbons (Fsp3) is 0.300. The molecule has 13 heavy (non-hydrogen) atoms. The molecule has 0 unspecified atom stereocenters. The molecule has 0 aliphatic heterocycles. The molecule has 0 radical (unpaired) electrons. The van der Waals surface area contributed by atoms with Crippen LogP contribution in [-0.2, 0) is 6.42 Å². The summed E-state index contributed by atoms with van der Waals surface area (Å²) in [7, 11) is 0. The first-order chi connectivity index (χ1) is 6.06. The number of carboxylic acid groups (broad SMARTS) is 1. The maximum absolute atomic E-state index is 13.1. The standard InChI is InChI=1S/C10H11FO2/c1-3-7-4-8(10(12)13)5-9(11)6(7)2/h4-5H,3H2,1-2H3,(H,12,13). The highest BCUT2D eigenvalue weighted by Gasteiger charge is 2.09. The predicted octanol–water partition coefficient (Wildman–Crippen LogP) is 2.39. The van der Waals surface area contributed by atoms with E-state index in [9.17, 15) is 9.18 Å². The van der Waals surface area contributed by atoms with Crippen LogP contribution < -0.4 is 0 Å². The summed E-state index contributed by atoms with van der Waals surface area (Å²) >= 11 is 0. The Kier molecular flexibility index (Phi) is 2.66. The first-order valence-corrected chi connectivity index (χ1v) is 4.08. The van der Waals surface area contributed by atoms with Gasteiger partial charge < -0.3 is 5.11 Å². The third kappa shape index (κ3) is 1.86. The van der Waals surface area contributed by atoms with Gasteiger partial charge in [-0.3, -0.25) is 0 Å². The maximum atomic E-state index is 13.1. The Morgan fingerprint density at radius 1 is 1.54 bits per heavy atom. The van der Waals surface area contributed by atoms with Gasteiger partial charge in [-0.2, -0.15) is 0 Å². The second-order valence-corrected chi connectivity index (χ2v) is 2.90. The predicted molar refractivity (Wildman–Crippen MR) is 47.5 cm³/mol. The summed E-state index contributed by atoms with van der Waals surface area (Å²) in [6.45, 7) is 3.52. The van der Waals surface area contributed by atoms with Gasteiger partial charge in [0.1, 0.15) is 5.82 Å². The quantitative estimate of drug-likeness (QED) is 0.762. The van der Waals surface area contributed by atoms with Crippen LogP contribution in [0.4, 0.5) is 4.39 Å². The summed E-state index contributed by atoms with van der Waals surface area (Å²) in [5.41, 5.74) is 1.30. The summed E-state index contributed by atoms with van der Waals surface area (Å²) < 4.78 is 13.1. The molecule has 0 fully saturated rings. The summed E-state index contributed by atoms with van der Waals surface area (Å²) in [6.07, 6.45) is 0.643. The van der Waals surface area contributed by atoms with Crippen LogP contribution >= 0.6 is 0 Å². The monoisotopic (exact) mass is 182 g/mol. The molecule has 0 spiro atoms. The third-order valence-corrected chi connectivity index (χ3v) is 2.08. The number of aryl methyl sites for hydroxylation is 1. The minimum absolute atomic E-state index is 0.0138. The van der Waals surface area contributed by atoms with Crippen LogP contribution in [0.2, 0.25) is 0 Å². The molecule has 2 nitrogen and oxygen atoms in total. The molecule has 0 aliphatic carbocycles. The minimum Gasteiger partial charge on any atom is -0.478 e. The SMILES string of the molecule is CCc1cc(C(=O)O)cc(F)c1C. The van der Waals surface area contributed by atoms with Crippen molar-refractivity contribution in [2.75, 3.05) is 0 Å². The van der Waals surface area contributed by atoms with E-state index in [-0.39, 0.29) is 5.56 Å². The van der Waals surface area contributed by atoms with E-state index in [1.165, 1.54) is 6.07 Å². The van der Waals surface area contributed by atoms with Crippen LogP contribution in [0.25, 0.3) is 0 Å². The summed E-state index contributed by atoms with van der Waals surface area (Å²) in [4.78, 5) is 10.6. The van der Waals surface area contributed by atoms with Crippen LogP contribution in [0.3, 0.4) is 0 Å². The van der Waals surface area contributed by atoms with Crippen molar-refractivity contribution in [2.45, 2.75) is 20.3 Å². The van der Waals surface area contributed by atoms with Crippen molar-refractivity contribution >= 4 is 5.97 Å². The number of hydrogen-bond donors (Lipinski definition) is 1. The van der Waals surface area contributed by atoms with E-state index in [4.69, 9.17) is 5.11 Å². The molecule has 0 atom stereocenters. The highest BCUT2D eigenvalue weighted by atomic mass is 19.1. The lowest BCUT2D eigenvalue weighted by Crippen LogP contribution is -2.01. The summed E-state index contributed by atoms with van der Waals surface area (Å²) in [6, 6.07) is 2.57. The van der Waals surface area contributed by atoms with E-state index in [1.54, 1.807) is 6.92 Å². The van der Waals surface area contributed by atoms with Gasteiger partial charge >= 0.3 is 5.97 Å². The smallest absolute Gasteiger partial charge is 0.335 e. The second-order valence-electron chi connectivity index (χ2n) is 2.90. The number of hydrogen-bond acceptors (Lipinski definition) is 1. The molecule has 1 aromatic carbocycles. The normalized spacial score (nSPS) is 10.1. The lowest BCUT2D eigenvalue weighted by Gasteiger charge is -2.05. The summed E-state index contributed by atoms with van der Waals surface area (Å²) in [5, 5.41) is 8.65. The van der Waals surface area contributed by atoms with Gasteiger partial charge in [0.2, 0.25) is 0 Å². The molecule has 0 saturated heterocycles. The van der Waals surface area contributed by atoms with Crippen molar-refractivity contribution < 1.29 is 14.3 Å². The molecule has 0 amide bonds. The summed E-state index contributed by atoms with van der Waals surface area (Å²) in [5.74, 6) is -1.54. The molecule has 0 heterocycles. The number of aromatic carboxylic acids is 1. The van der Waals surface area contributed by atoms with Gasteiger partial charge in [-0.05, 0) is 36.6 Å². The van der Waals surface area contributed by atoms with Crippen LogP contribution in [0.5, 0.6) is 0 Å². The van der Waals surface area contributed by atoms with Crippen LogP contribution in [0.1, 0.15) is 28.4 Å². The highest BCUT2D eigenvalue weighted by molar-refractivity contribution is 5.87. The zero-order chi connectivity index (χ0) is 10.0. The molecule has 0 bridgehead atoms. The number of carboxylic acids is 1. The molecule has 0 aromatic heterocycles. The Balaban J connectivity index is 3.30. The molecule has 3 heteroatoms. The molecular weight excluding hydrogens is 171 g/mol. The molecule has 70 valence electrons. The molecule has 1 aromatic rings. The third-order valence-electron chi connectivity index (χ3n) is 2.08. The van der Waals surface area contributed by atoms with E-state index in [1.807, 2.05) is 6.92 Å². The number of carbonyl (C=O) groups is 1. The molecule has 0 aliphatic rings. The van der Waals surface area contributed by atoms with E-state index in [0.717, 1.165) is 11.6 Å². The Bertz CT molecular complexity index is 345. The average molecular weight is 182 g/mol. The van der Waals surface area contributed by atoms with Crippen molar-refractivity contribution in [3.8, 4) is 0 Å². The van der Waals surface area contributed by atoms with E-state index in [0.29, 0.717) is 12.0 Å². The zero-order valence-electron chi connectivity index (χ0n) is 7.60. The van der Waals surface area contributed by atoms with Gasteiger partial charge in [-0.15, -0.1) is 0 Å². The fourth-order valence-corrected chi connectivity index (χ4v) is 1.23. The van der Waals surface area contributed by atoms with Crippen molar-refractivity contribution in [3.05, 3.63) is 34.6 Å². The van der Waals surface area contributed by atoms with Crippen LogP contribution in [-0.4, -0.2) is 11.1 Å². The highest BCUT2D eigenvalue weighted by Crippen LogP contribution is 2.16. The molecular formula is C10H11FO2. The van der Waals surface area contributed by atoms with Gasteiger partial charge in [0.25, 0.3) is 0 Å². The Hall–Kier alpha value is -1.38. The van der Waals surface area contributed by atoms with Crippen LogP contribution in [0, 0.1) is 12.7 Å². The lowest BCUT2D eigenvalue weighted by molar-refractivity contribution is 0.0696. The first-order valence-electron chi connectivity index (χ1n) is 4.08. The Morgan fingerprint density at radius 3 is 2.62 bits per heavy atom. The van der Waals surface area contributed by atoms with Gasteiger partial charge in [-0.25, -0.2) is 9.18 Å². The van der Waals surface area contributed by atoms with Crippen molar-refractivity contribution in [1.29, 1.82) is 0 Å². The van der Waals surface area contributed by atoms with Gasteiger partial charge in [0.05, 0.1) is 5.56 Å². The second kappa shape index (κ2) is 3.56. The van der Waals surface area contributed by atoms with Crippen molar-refractivity contribution in [1.82, 2.24) is 0 Å². The number of halogens is 1. The Morgan fingerprint density at radius 2 is 2.15 bits per heavy atom. The maximum Gasteiger partial charge on any atom is 0.335 e. The van der Waals surface area contributed by atoms with Gasteiger partial charge in [0.15, 0.2) is 0 Å². The van der Waals surface area contributed by atoms with Crippen molar-refractivity contribution in [2.24, 2.45) is 0 Å².